The smallest absolute Gasteiger partial charge is 0.177 e. The highest BCUT2D eigenvalue weighted by Crippen LogP contribution is 2.54. The molecule has 0 spiro atoms. The molecular weight excluding hydrogens is 808 g/mol. The van der Waals surface area contributed by atoms with E-state index in [0.717, 1.165) is 40.1 Å². The summed E-state index contributed by atoms with van der Waals surface area (Å²) in [4.78, 5) is 0. The van der Waals surface area contributed by atoms with Crippen LogP contribution in [0.2, 0.25) is 0 Å². The van der Waals surface area contributed by atoms with Gasteiger partial charge in [0.05, 0.1) is 0 Å². The lowest BCUT2D eigenvalue weighted by Crippen LogP contribution is -2.36. The predicted molar refractivity (Wildman–Crippen MR) is 157 cm³/mol. The second kappa shape index (κ2) is 10.8. The fraction of sp³-hybridized carbons (Fsp3) is 0.0769. The van der Waals surface area contributed by atoms with Gasteiger partial charge in [-0.15, -0.1) is 0 Å². The first-order valence-electron chi connectivity index (χ1n) is 9.85. The van der Waals surface area contributed by atoms with Crippen molar-refractivity contribution in [2.24, 2.45) is 0 Å². The topological polar surface area (TPSA) is 9.23 Å². The number of hydrogen-bond acceptors (Lipinski definition) is 1. The molecule has 4 aromatic rings. The number of ether oxygens (including phenoxy) is 1. The van der Waals surface area contributed by atoms with E-state index in [0.29, 0.717) is 0 Å². The van der Waals surface area contributed by atoms with Crippen LogP contribution in [-0.2, 0) is 13.8 Å². The maximum atomic E-state index is 7.17. The van der Waals surface area contributed by atoms with Crippen molar-refractivity contribution in [3.05, 3.63) is 137 Å². The summed E-state index contributed by atoms with van der Waals surface area (Å²) in [5.41, 5.74) is 3.76. The molecule has 0 saturated carbocycles. The number of hydrogen-bond donors (Lipinski definition) is 0. The lowest BCUT2D eigenvalue weighted by atomic mass is 9.97. The molecule has 4 rings (SSSR count). The zero-order valence-electron chi connectivity index (χ0n) is 16.9. The zero-order valence-corrected chi connectivity index (χ0v) is 26.4. The van der Waals surface area contributed by atoms with Gasteiger partial charge in [0, 0.05) is 29.0 Å². The highest BCUT2D eigenvalue weighted by atomic mass is 79.9. The minimum absolute atomic E-state index is 0.905. The van der Waals surface area contributed by atoms with Crippen LogP contribution < -0.4 is 0 Å². The van der Waals surface area contributed by atoms with Gasteiger partial charge in [0.15, 0.2) is 9.02 Å². The molecule has 0 aromatic heterocycles. The molecule has 2 unspecified atom stereocenters. The van der Waals surface area contributed by atoms with Crippen molar-refractivity contribution in [1.29, 1.82) is 0 Å². The fourth-order valence-corrected chi connectivity index (χ4v) is 7.79. The Kier molecular flexibility index (Phi) is 8.42. The molecule has 4 aromatic carbocycles. The molecule has 0 aliphatic carbocycles. The highest BCUT2D eigenvalue weighted by Gasteiger charge is 2.46. The van der Waals surface area contributed by atoms with Crippen LogP contribution in [0, 0.1) is 0 Å². The Bertz CT molecular complexity index is 1170. The van der Waals surface area contributed by atoms with E-state index in [-0.39, 0.29) is 0 Å². The summed E-state index contributed by atoms with van der Waals surface area (Å²) in [7, 11) is 0. The molecule has 0 bridgehead atoms. The van der Waals surface area contributed by atoms with Crippen molar-refractivity contribution in [3.63, 3.8) is 0 Å². The Hall–Kier alpha value is -0.280. The fourth-order valence-electron chi connectivity index (χ4n) is 3.54. The molecule has 0 aliphatic heterocycles. The van der Waals surface area contributed by atoms with E-state index in [1.165, 1.54) is 0 Å². The van der Waals surface area contributed by atoms with Gasteiger partial charge < -0.3 is 4.74 Å². The minimum atomic E-state index is -1.00. The first kappa shape index (κ1) is 25.8. The van der Waals surface area contributed by atoms with Gasteiger partial charge in [0.1, 0.15) is 0 Å². The Morgan fingerprint density at radius 2 is 0.818 bits per heavy atom. The van der Waals surface area contributed by atoms with Crippen molar-refractivity contribution < 1.29 is 4.74 Å². The second-order valence-corrected chi connectivity index (χ2v) is 12.8. The molecule has 0 aliphatic rings. The summed E-state index contributed by atoms with van der Waals surface area (Å²) in [6.07, 6.45) is 0. The minimum Gasteiger partial charge on any atom is -0.329 e. The number of alkyl halides is 2. The van der Waals surface area contributed by atoms with Crippen molar-refractivity contribution in [3.8, 4) is 0 Å². The molecule has 0 heterocycles. The van der Waals surface area contributed by atoms with Gasteiger partial charge in [-0.1, -0.05) is 84.9 Å². The number of halogens is 6. The first-order valence-corrected chi connectivity index (χ1v) is 14.6. The van der Waals surface area contributed by atoms with E-state index in [4.69, 9.17) is 4.74 Å². The molecule has 168 valence electrons. The molecule has 0 saturated heterocycles. The predicted octanol–water partition coefficient (Wildman–Crippen LogP) is 10.6. The van der Waals surface area contributed by atoms with Crippen LogP contribution in [0.25, 0.3) is 0 Å². The van der Waals surface area contributed by atoms with Gasteiger partial charge in [0.25, 0.3) is 0 Å². The monoisotopic (exact) mass is 818 g/mol. The maximum Gasteiger partial charge on any atom is 0.177 e. The summed E-state index contributed by atoms with van der Waals surface area (Å²) in [6.45, 7) is 0. The van der Waals surface area contributed by atoms with Crippen LogP contribution >= 0.6 is 95.6 Å². The normalized spacial score (nSPS) is 15.0. The van der Waals surface area contributed by atoms with Gasteiger partial charge in [-0.3, -0.25) is 0 Å². The quantitative estimate of drug-likeness (QED) is 0.176. The third kappa shape index (κ3) is 5.16. The largest absolute Gasteiger partial charge is 0.329 e. The number of benzene rings is 4. The SMILES string of the molecule is Brc1cccc(C(Br)(OC(Br)(c2ccccc2)c2cccc(Br)c2Br)c2ccccc2)c1Br. The average molecular weight is 824 g/mol. The number of rotatable bonds is 6. The van der Waals surface area contributed by atoms with E-state index >= 15 is 0 Å². The lowest BCUT2D eigenvalue weighted by Gasteiger charge is -2.40. The average Bonchev–Trinajstić information content (AvgIpc) is 2.83. The van der Waals surface area contributed by atoms with E-state index in [1.54, 1.807) is 0 Å². The molecule has 0 radical (unpaired) electrons. The Morgan fingerprint density at radius 3 is 1.18 bits per heavy atom. The summed E-state index contributed by atoms with van der Waals surface area (Å²) in [5.74, 6) is 0. The van der Waals surface area contributed by atoms with Crippen molar-refractivity contribution in [2.75, 3.05) is 0 Å². The van der Waals surface area contributed by atoms with Crippen molar-refractivity contribution in [1.82, 2.24) is 0 Å². The van der Waals surface area contributed by atoms with Gasteiger partial charge in [-0.05, 0) is 119 Å². The first-order chi connectivity index (χ1) is 15.8. The lowest BCUT2D eigenvalue weighted by molar-refractivity contribution is -0.00947. The molecule has 2 atom stereocenters. The molecule has 7 heteroatoms. The van der Waals surface area contributed by atoms with Gasteiger partial charge in [0.2, 0.25) is 0 Å². The standard InChI is InChI=1S/C26H16Br6O/c27-21-15-7-13-19(23(21)29)25(31,17-9-3-1-4-10-17)33-26(32,18-11-5-2-6-12-18)20-14-8-16-22(28)24(20)30/h1-16H. The van der Waals surface area contributed by atoms with E-state index in [9.17, 15) is 0 Å². The summed E-state index contributed by atoms with van der Waals surface area (Å²) >= 11 is 22.9. The second-order valence-electron chi connectivity index (χ2n) is 7.23. The Balaban J connectivity index is 2.00. The van der Waals surface area contributed by atoms with Crippen molar-refractivity contribution >= 4 is 95.6 Å². The third-order valence-electron chi connectivity index (χ3n) is 5.17. The van der Waals surface area contributed by atoms with Gasteiger partial charge in [-0.25, -0.2) is 0 Å². The van der Waals surface area contributed by atoms with Crippen LogP contribution in [0.1, 0.15) is 22.3 Å². The van der Waals surface area contributed by atoms with Gasteiger partial charge in [-0.2, -0.15) is 0 Å². The summed E-state index contributed by atoms with van der Waals surface area (Å²) in [5, 5.41) is 0. The summed E-state index contributed by atoms with van der Waals surface area (Å²) < 4.78 is 8.85. The van der Waals surface area contributed by atoms with Crippen molar-refractivity contribution in [2.45, 2.75) is 9.02 Å². The van der Waals surface area contributed by atoms with Crippen LogP contribution in [0.3, 0.4) is 0 Å². The molecule has 0 amide bonds. The Morgan fingerprint density at radius 1 is 0.455 bits per heavy atom. The van der Waals surface area contributed by atoms with Crippen LogP contribution in [-0.4, -0.2) is 0 Å². The third-order valence-corrected chi connectivity index (χ3v) is 11.4. The molecule has 1 nitrogen and oxygen atoms in total. The van der Waals surface area contributed by atoms with Gasteiger partial charge >= 0.3 is 0 Å². The van der Waals surface area contributed by atoms with Crippen LogP contribution in [0.5, 0.6) is 0 Å². The van der Waals surface area contributed by atoms with E-state index in [1.807, 2.05) is 72.8 Å². The van der Waals surface area contributed by atoms with Crippen LogP contribution in [0.15, 0.2) is 115 Å². The van der Waals surface area contributed by atoms with Crippen LogP contribution in [0.4, 0.5) is 0 Å². The molecule has 0 N–H and O–H groups in total. The Labute approximate surface area is 244 Å². The highest BCUT2D eigenvalue weighted by molar-refractivity contribution is 9.13. The zero-order chi connectivity index (χ0) is 23.6. The van der Waals surface area contributed by atoms with E-state index in [2.05, 4.69) is 120 Å². The molecule has 0 fully saturated rings. The van der Waals surface area contributed by atoms with E-state index < -0.39 is 9.02 Å². The summed E-state index contributed by atoms with van der Waals surface area (Å²) in [6, 6.07) is 32.3. The molecular formula is C26H16Br6O. The molecule has 33 heavy (non-hydrogen) atoms. The maximum absolute atomic E-state index is 7.17.